The van der Waals surface area contributed by atoms with Crippen LogP contribution in [0.4, 0.5) is 0 Å². The topological polar surface area (TPSA) is 67.6 Å². The molecule has 0 saturated heterocycles. The zero-order valence-corrected chi connectivity index (χ0v) is 17.8. The van der Waals surface area contributed by atoms with E-state index in [-0.39, 0.29) is 0 Å². The van der Waals surface area contributed by atoms with Gasteiger partial charge in [0.05, 0.1) is 16.3 Å². The van der Waals surface area contributed by atoms with Gasteiger partial charge in [0.15, 0.2) is 5.16 Å². The second kappa shape index (κ2) is 8.32. The fourth-order valence-corrected chi connectivity index (χ4v) is 4.83. The highest BCUT2D eigenvalue weighted by molar-refractivity contribution is 7.98. The third-order valence-electron chi connectivity index (χ3n) is 4.53. The number of rotatable bonds is 7. The maximum Gasteiger partial charge on any atom is 0.257 e. The first-order valence-corrected chi connectivity index (χ1v) is 11.1. The average molecular weight is 411 g/mol. The second-order valence-electron chi connectivity index (χ2n) is 6.64. The Bertz CT molecular complexity index is 1070. The molecule has 1 N–H and O–H groups in total. The average Bonchev–Trinajstić information content (AvgIpc) is 3.40. The first-order valence-electron chi connectivity index (χ1n) is 9.26. The molecule has 0 bridgehead atoms. The van der Waals surface area contributed by atoms with E-state index in [1.165, 1.54) is 16.0 Å². The lowest BCUT2D eigenvalue weighted by Crippen LogP contribution is -1.90. The van der Waals surface area contributed by atoms with Gasteiger partial charge in [0, 0.05) is 17.0 Å². The highest BCUT2D eigenvalue weighted by atomic mass is 32.2. The van der Waals surface area contributed by atoms with Gasteiger partial charge in [-0.3, -0.25) is 0 Å². The van der Waals surface area contributed by atoms with Crippen LogP contribution >= 0.6 is 23.1 Å². The molecule has 1 aromatic carbocycles. The Labute approximate surface area is 172 Å². The number of benzene rings is 1. The zero-order valence-electron chi connectivity index (χ0n) is 16.2. The highest BCUT2D eigenvalue weighted by Gasteiger charge is 2.14. The minimum Gasteiger partial charge on any atom is -0.419 e. The summed E-state index contributed by atoms with van der Waals surface area (Å²) in [6.07, 6.45) is 1.85. The summed E-state index contributed by atoms with van der Waals surface area (Å²) in [6.45, 7) is 6.35. The van der Waals surface area contributed by atoms with E-state index in [4.69, 9.17) is 9.40 Å². The van der Waals surface area contributed by atoms with Gasteiger partial charge >= 0.3 is 0 Å². The molecule has 4 aromatic rings. The number of hydrogen-bond acceptors (Lipinski definition) is 6. The quantitative estimate of drug-likeness (QED) is 0.403. The molecule has 4 rings (SSSR count). The van der Waals surface area contributed by atoms with E-state index in [0.717, 1.165) is 34.3 Å². The number of aromatic nitrogens is 4. The zero-order chi connectivity index (χ0) is 19.5. The largest absolute Gasteiger partial charge is 0.419 e. The van der Waals surface area contributed by atoms with Gasteiger partial charge in [-0.2, -0.15) is 0 Å². The number of nitrogens with zero attached hydrogens (tertiary/aromatic N) is 3. The van der Waals surface area contributed by atoms with Gasteiger partial charge in [0.1, 0.15) is 0 Å². The molecule has 0 spiro atoms. The Hall–Kier alpha value is -2.38. The molecule has 3 heterocycles. The van der Waals surface area contributed by atoms with E-state index in [9.17, 15) is 0 Å². The van der Waals surface area contributed by atoms with Gasteiger partial charge in [-0.15, -0.1) is 21.5 Å². The van der Waals surface area contributed by atoms with Crippen LogP contribution in [0, 0.1) is 13.8 Å². The number of aryl methyl sites for hydroxylation is 3. The summed E-state index contributed by atoms with van der Waals surface area (Å²) in [5, 5.41) is 9.29. The predicted octanol–water partition coefficient (Wildman–Crippen LogP) is 5.58. The van der Waals surface area contributed by atoms with Crippen molar-refractivity contribution in [3.8, 4) is 10.8 Å². The number of hydrogen-bond donors (Lipinski definition) is 1. The molecule has 0 aliphatic carbocycles. The molecule has 0 amide bonds. The standard InChI is InChI=1S/C21H22N4OS2/c1-4-17-13(2)10-18(28-17)20-25-24-19(26-20)12-27-21-22-14(3)16(23-21)11-15-8-6-5-7-9-15/h5-10H,4,11-12H2,1-3H3,(H,22,23). The van der Waals surface area contributed by atoms with E-state index < -0.39 is 0 Å². The molecule has 0 unspecified atom stereocenters. The number of H-pyrrole nitrogens is 1. The van der Waals surface area contributed by atoms with Crippen LogP contribution in [0.1, 0.15) is 40.2 Å². The number of thioether (sulfide) groups is 1. The Kier molecular flexibility index (Phi) is 5.64. The van der Waals surface area contributed by atoms with Crippen LogP contribution in [0.5, 0.6) is 0 Å². The number of nitrogens with one attached hydrogen (secondary N) is 1. The van der Waals surface area contributed by atoms with Gasteiger partial charge in [-0.05, 0) is 37.5 Å². The van der Waals surface area contributed by atoms with Crippen molar-refractivity contribution in [3.63, 3.8) is 0 Å². The lowest BCUT2D eigenvalue weighted by Gasteiger charge is -1.98. The van der Waals surface area contributed by atoms with Crippen molar-refractivity contribution in [2.24, 2.45) is 0 Å². The minimum atomic E-state index is 0.593. The molecule has 3 aromatic heterocycles. The monoisotopic (exact) mass is 410 g/mol. The molecule has 5 nitrogen and oxygen atoms in total. The summed E-state index contributed by atoms with van der Waals surface area (Å²) in [5.41, 5.74) is 4.71. The van der Waals surface area contributed by atoms with Crippen LogP contribution < -0.4 is 0 Å². The third kappa shape index (κ3) is 4.20. The number of thiophene rings is 1. The molecule has 0 radical (unpaired) electrons. The molecule has 0 saturated carbocycles. The highest BCUT2D eigenvalue weighted by Crippen LogP contribution is 2.31. The summed E-state index contributed by atoms with van der Waals surface area (Å²) in [5.74, 6) is 1.81. The predicted molar refractivity (Wildman–Crippen MR) is 114 cm³/mol. The first kappa shape index (κ1) is 19.0. The summed E-state index contributed by atoms with van der Waals surface area (Å²) >= 11 is 3.31. The molecule has 0 aliphatic heterocycles. The first-order chi connectivity index (χ1) is 13.6. The molecule has 144 valence electrons. The van der Waals surface area contributed by atoms with Gasteiger partial charge in [0.2, 0.25) is 5.89 Å². The maximum atomic E-state index is 5.86. The maximum absolute atomic E-state index is 5.86. The number of aromatic amines is 1. The van der Waals surface area contributed by atoms with Crippen LogP contribution in [0.2, 0.25) is 0 Å². The van der Waals surface area contributed by atoms with Crippen molar-refractivity contribution >= 4 is 23.1 Å². The Morgan fingerprint density at radius 2 is 1.96 bits per heavy atom. The van der Waals surface area contributed by atoms with Crippen molar-refractivity contribution in [2.45, 2.75) is 44.5 Å². The minimum absolute atomic E-state index is 0.593. The molecule has 7 heteroatoms. The SMILES string of the molecule is CCc1sc(-c2nnc(CSc3nc(Cc4ccccc4)c(C)[nH]3)o2)cc1C. The van der Waals surface area contributed by atoms with Crippen molar-refractivity contribution in [2.75, 3.05) is 0 Å². The number of imidazole rings is 1. The Morgan fingerprint density at radius 1 is 1.14 bits per heavy atom. The fourth-order valence-electron chi connectivity index (χ4n) is 3.01. The molecule has 0 atom stereocenters. The van der Waals surface area contributed by atoms with Crippen LogP contribution in [-0.2, 0) is 18.6 Å². The van der Waals surface area contributed by atoms with Crippen molar-refractivity contribution in [1.29, 1.82) is 0 Å². The van der Waals surface area contributed by atoms with Crippen LogP contribution in [0.3, 0.4) is 0 Å². The molecule has 28 heavy (non-hydrogen) atoms. The van der Waals surface area contributed by atoms with Crippen molar-refractivity contribution in [1.82, 2.24) is 20.2 Å². The molecular weight excluding hydrogens is 388 g/mol. The van der Waals surface area contributed by atoms with E-state index >= 15 is 0 Å². The summed E-state index contributed by atoms with van der Waals surface area (Å²) < 4.78 is 5.86. The summed E-state index contributed by atoms with van der Waals surface area (Å²) in [4.78, 5) is 10.5. The molecule has 0 fully saturated rings. The van der Waals surface area contributed by atoms with E-state index in [0.29, 0.717) is 17.5 Å². The van der Waals surface area contributed by atoms with Gasteiger partial charge in [-0.25, -0.2) is 4.98 Å². The summed E-state index contributed by atoms with van der Waals surface area (Å²) in [7, 11) is 0. The lowest BCUT2D eigenvalue weighted by molar-refractivity contribution is 0.529. The van der Waals surface area contributed by atoms with Crippen LogP contribution in [-0.4, -0.2) is 20.2 Å². The third-order valence-corrected chi connectivity index (χ3v) is 6.76. The van der Waals surface area contributed by atoms with Crippen molar-refractivity contribution in [3.05, 3.63) is 69.7 Å². The molecular formula is C21H22N4OS2. The Morgan fingerprint density at radius 3 is 2.71 bits per heavy atom. The Balaban J connectivity index is 1.41. The van der Waals surface area contributed by atoms with Crippen molar-refractivity contribution < 1.29 is 4.42 Å². The van der Waals surface area contributed by atoms with Gasteiger partial charge in [0.25, 0.3) is 5.89 Å². The van der Waals surface area contributed by atoms with Gasteiger partial charge in [-0.1, -0.05) is 49.0 Å². The fraction of sp³-hybridized carbons (Fsp3) is 0.286. The van der Waals surface area contributed by atoms with Crippen LogP contribution in [0.15, 0.2) is 46.0 Å². The van der Waals surface area contributed by atoms with E-state index in [2.05, 4.69) is 66.3 Å². The van der Waals surface area contributed by atoms with E-state index in [1.54, 1.807) is 23.1 Å². The smallest absolute Gasteiger partial charge is 0.257 e. The van der Waals surface area contributed by atoms with Crippen LogP contribution in [0.25, 0.3) is 10.8 Å². The van der Waals surface area contributed by atoms with Gasteiger partial charge < -0.3 is 9.40 Å². The molecule has 0 aliphatic rings. The summed E-state index contributed by atoms with van der Waals surface area (Å²) in [6, 6.07) is 12.5. The second-order valence-corrected chi connectivity index (χ2v) is 8.74. The normalized spacial score (nSPS) is 11.2. The lowest BCUT2D eigenvalue weighted by atomic mass is 10.1. The van der Waals surface area contributed by atoms with E-state index in [1.807, 2.05) is 6.07 Å².